The highest BCUT2D eigenvalue weighted by atomic mass is 32.1. The van der Waals surface area contributed by atoms with Gasteiger partial charge in [0, 0.05) is 30.9 Å². The second kappa shape index (κ2) is 10.9. The fourth-order valence-electron chi connectivity index (χ4n) is 4.36. The average Bonchev–Trinajstić information content (AvgIpc) is 3.11. The van der Waals surface area contributed by atoms with Gasteiger partial charge in [0.25, 0.3) is 5.56 Å². The maximum Gasteiger partial charge on any atom is 0.330 e. The molecule has 0 bridgehead atoms. The smallest absolute Gasteiger partial charge is 0.330 e. The number of rotatable bonds is 9. The van der Waals surface area contributed by atoms with Crippen LogP contribution in [-0.4, -0.2) is 28.5 Å². The van der Waals surface area contributed by atoms with Crippen LogP contribution in [-0.2, 0) is 24.2 Å². The number of nitrogen functional groups attached to an aromatic ring is 1. The highest BCUT2D eigenvalue weighted by Crippen LogP contribution is 2.37. The number of aromatic amines is 1. The second-order valence-corrected chi connectivity index (χ2v) is 10.8. The highest BCUT2D eigenvalue weighted by Gasteiger charge is 2.24. The number of nitriles is 1. The summed E-state index contributed by atoms with van der Waals surface area (Å²) in [6.45, 7) is 9.08. The molecule has 0 radical (unpaired) electrons. The molecule has 0 unspecified atom stereocenters. The van der Waals surface area contributed by atoms with E-state index in [0.29, 0.717) is 23.7 Å². The first kappa shape index (κ1) is 25.6. The molecule has 0 fully saturated rings. The van der Waals surface area contributed by atoms with Gasteiger partial charge in [-0.1, -0.05) is 27.7 Å². The molecule has 2 aromatic heterocycles. The zero-order chi connectivity index (χ0) is 25.0. The third kappa shape index (κ3) is 5.70. The molecule has 2 heterocycles. The Balaban J connectivity index is 1.82. The number of aryl methyl sites for hydroxylation is 1. The molecule has 9 nitrogen and oxygen atoms in total. The van der Waals surface area contributed by atoms with E-state index in [4.69, 9.17) is 5.73 Å². The summed E-state index contributed by atoms with van der Waals surface area (Å²) in [7, 11) is 0. The standard InChI is InChI=1S/C24H34N6O3S/c1-14(2)12-29(20-21(26)30(13-15(3)4)24(33)28-22(20)32)10-9-19(31)27-23-17(11-25)16-7-5-6-8-18(16)34-23/h14-15H,5-10,12-13,26H2,1-4H3,(H,27,31)(H,28,32,33). The van der Waals surface area contributed by atoms with Gasteiger partial charge in [0.05, 0.1) is 5.56 Å². The maximum atomic E-state index is 12.8. The minimum atomic E-state index is -0.554. The molecular formula is C24H34N6O3S. The van der Waals surface area contributed by atoms with Crippen molar-refractivity contribution >= 4 is 33.8 Å². The molecule has 0 aromatic carbocycles. The van der Waals surface area contributed by atoms with Gasteiger partial charge in [-0.25, -0.2) is 4.79 Å². The van der Waals surface area contributed by atoms with Gasteiger partial charge in [0.2, 0.25) is 5.91 Å². The van der Waals surface area contributed by atoms with Crippen LogP contribution < -0.4 is 27.2 Å². The van der Waals surface area contributed by atoms with Gasteiger partial charge >= 0.3 is 5.69 Å². The van der Waals surface area contributed by atoms with Gasteiger partial charge in [-0.15, -0.1) is 11.3 Å². The van der Waals surface area contributed by atoms with Crippen LogP contribution in [0.3, 0.4) is 0 Å². The van der Waals surface area contributed by atoms with Crippen molar-refractivity contribution in [3.05, 3.63) is 36.8 Å². The first-order valence-electron chi connectivity index (χ1n) is 11.8. The monoisotopic (exact) mass is 486 g/mol. The molecule has 34 heavy (non-hydrogen) atoms. The molecule has 0 atom stereocenters. The zero-order valence-corrected chi connectivity index (χ0v) is 21.2. The number of carbonyl (C=O) groups excluding carboxylic acids is 1. The Labute approximate surface area is 203 Å². The quantitative estimate of drug-likeness (QED) is 0.498. The zero-order valence-electron chi connectivity index (χ0n) is 20.4. The summed E-state index contributed by atoms with van der Waals surface area (Å²) in [5, 5.41) is 13.2. The average molecular weight is 487 g/mol. The van der Waals surface area contributed by atoms with E-state index in [0.717, 1.165) is 31.2 Å². The first-order valence-corrected chi connectivity index (χ1v) is 12.7. The van der Waals surface area contributed by atoms with Crippen LogP contribution in [0.4, 0.5) is 16.5 Å². The number of nitrogens with zero attached hydrogens (tertiary/aromatic N) is 3. The van der Waals surface area contributed by atoms with Crippen molar-refractivity contribution in [2.75, 3.05) is 29.0 Å². The van der Waals surface area contributed by atoms with E-state index >= 15 is 0 Å². The maximum absolute atomic E-state index is 12.8. The number of anilines is 3. The molecule has 0 spiro atoms. The van der Waals surface area contributed by atoms with Crippen LogP contribution in [0.5, 0.6) is 0 Å². The Kier molecular flexibility index (Phi) is 8.20. The number of carbonyl (C=O) groups is 1. The van der Waals surface area contributed by atoms with Crippen LogP contribution >= 0.6 is 11.3 Å². The summed E-state index contributed by atoms with van der Waals surface area (Å²) in [4.78, 5) is 43.2. The molecule has 3 rings (SSSR count). The number of thiophene rings is 1. The van der Waals surface area contributed by atoms with Crippen molar-refractivity contribution in [2.45, 2.75) is 66.3 Å². The molecule has 1 aliphatic rings. The molecule has 0 aliphatic heterocycles. The lowest BCUT2D eigenvalue weighted by molar-refractivity contribution is -0.116. The summed E-state index contributed by atoms with van der Waals surface area (Å²) >= 11 is 1.49. The third-order valence-electron chi connectivity index (χ3n) is 5.81. The summed E-state index contributed by atoms with van der Waals surface area (Å²) in [5.74, 6) is 0.242. The van der Waals surface area contributed by atoms with E-state index < -0.39 is 11.2 Å². The number of hydrogen-bond acceptors (Lipinski definition) is 7. The molecule has 2 aromatic rings. The summed E-state index contributed by atoms with van der Waals surface area (Å²) in [5.41, 5.74) is 7.07. The van der Waals surface area contributed by atoms with E-state index in [1.807, 2.05) is 27.7 Å². The largest absolute Gasteiger partial charge is 0.383 e. The number of H-pyrrole nitrogens is 1. The van der Waals surface area contributed by atoms with Gasteiger partial charge in [-0.2, -0.15) is 5.26 Å². The van der Waals surface area contributed by atoms with Crippen molar-refractivity contribution in [1.82, 2.24) is 9.55 Å². The lowest BCUT2D eigenvalue weighted by Crippen LogP contribution is -2.41. The molecule has 184 valence electrons. The van der Waals surface area contributed by atoms with Gasteiger partial charge in [-0.3, -0.25) is 19.1 Å². The summed E-state index contributed by atoms with van der Waals surface area (Å²) < 4.78 is 1.38. The van der Waals surface area contributed by atoms with E-state index in [9.17, 15) is 19.6 Å². The fraction of sp³-hybridized carbons (Fsp3) is 0.583. The van der Waals surface area contributed by atoms with Gasteiger partial charge in [-0.05, 0) is 43.1 Å². The molecule has 10 heteroatoms. The lowest BCUT2D eigenvalue weighted by Gasteiger charge is -2.28. The Hall–Kier alpha value is -3.06. The van der Waals surface area contributed by atoms with Crippen LogP contribution in [0, 0.1) is 23.2 Å². The van der Waals surface area contributed by atoms with Crippen LogP contribution in [0.15, 0.2) is 9.59 Å². The number of hydrogen-bond donors (Lipinski definition) is 3. The topological polar surface area (TPSA) is 137 Å². The van der Waals surface area contributed by atoms with Gasteiger partial charge in [0.15, 0.2) is 0 Å². The van der Waals surface area contributed by atoms with Crippen LogP contribution in [0.25, 0.3) is 0 Å². The van der Waals surface area contributed by atoms with E-state index in [-0.39, 0.29) is 42.2 Å². The van der Waals surface area contributed by atoms with E-state index in [2.05, 4.69) is 16.4 Å². The molecule has 4 N–H and O–H groups in total. The van der Waals surface area contributed by atoms with Crippen molar-refractivity contribution in [3.63, 3.8) is 0 Å². The molecule has 1 aliphatic carbocycles. The van der Waals surface area contributed by atoms with Crippen molar-refractivity contribution in [3.8, 4) is 6.07 Å². The number of amides is 1. The Bertz CT molecular complexity index is 1200. The minimum absolute atomic E-state index is 0.112. The van der Waals surface area contributed by atoms with Crippen molar-refractivity contribution < 1.29 is 4.79 Å². The Morgan fingerprint density at radius 2 is 1.94 bits per heavy atom. The predicted octanol–water partition coefficient (Wildman–Crippen LogP) is 3.08. The third-order valence-corrected chi connectivity index (χ3v) is 7.02. The predicted molar refractivity (Wildman–Crippen MR) is 137 cm³/mol. The molecular weight excluding hydrogens is 452 g/mol. The summed E-state index contributed by atoms with van der Waals surface area (Å²) in [6, 6.07) is 2.26. The van der Waals surface area contributed by atoms with Crippen molar-refractivity contribution in [2.24, 2.45) is 11.8 Å². The minimum Gasteiger partial charge on any atom is -0.383 e. The van der Waals surface area contributed by atoms with Crippen molar-refractivity contribution in [1.29, 1.82) is 5.26 Å². The second-order valence-electron chi connectivity index (χ2n) is 9.66. The highest BCUT2D eigenvalue weighted by molar-refractivity contribution is 7.16. The fourth-order valence-corrected chi connectivity index (χ4v) is 5.62. The summed E-state index contributed by atoms with van der Waals surface area (Å²) in [6.07, 6.45) is 4.10. The van der Waals surface area contributed by atoms with E-state index in [1.165, 1.54) is 20.8 Å². The Morgan fingerprint density at radius 3 is 2.59 bits per heavy atom. The van der Waals surface area contributed by atoms with Gasteiger partial charge < -0.3 is 16.0 Å². The van der Waals surface area contributed by atoms with Crippen LogP contribution in [0.2, 0.25) is 0 Å². The SMILES string of the molecule is CC(C)CN(CCC(=O)Nc1sc2c(c1C#N)CCCC2)c1c(N)n(CC(C)C)c(=O)[nH]c1=O. The van der Waals surface area contributed by atoms with E-state index in [1.54, 1.807) is 4.90 Å². The molecule has 1 amide bonds. The first-order chi connectivity index (χ1) is 16.1. The number of nitrogens with two attached hydrogens (primary N) is 1. The molecule has 0 saturated carbocycles. The number of aromatic nitrogens is 2. The normalized spacial score (nSPS) is 13.1. The lowest BCUT2D eigenvalue weighted by atomic mass is 9.96. The molecule has 0 saturated heterocycles. The van der Waals surface area contributed by atoms with Crippen LogP contribution in [0.1, 0.15) is 63.0 Å². The Morgan fingerprint density at radius 1 is 1.24 bits per heavy atom. The van der Waals surface area contributed by atoms with Gasteiger partial charge in [0.1, 0.15) is 22.6 Å². The number of nitrogens with one attached hydrogen (secondary N) is 2. The number of fused-ring (bicyclic) bond motifs is 1.